The molecule has 1 aliphatic carbocycles. The van der Waals surface area contributed by atoms with Gasteiger partial charge in [-0.1, -0.05) is 34.0 Å². The molecule has 1 aromatic rings. The quantitative estimate of drug-likeness (QED) is 0.812. The lowest BCUT2D eigenvalue weighted by atomic mass is 9.89. The average Bonchev–Trinajstić information content (AvgIpc) is 2.39. The van der Waals surface area contributed by atoms with E-state index in [0.717, 1.165) is 18.5 Å². The van der Waals surface area contributed by atoms with Gasteiger partial charge in [-0.05, 0) is 55.9 Å². The molecular weight excluding hydrogens is 326 g/mol. The lowest BCUT2D eigenvalue weighted by Crippen LogP contribution is -2.32. The highest BCUT2D eigenvalue weighted by atomic mass is 79.9. The number of hydrogen-bond acceptors (Lipinski definition) is 1. The van der Waals surface area contributed by atoms with Crippen molar-refractivity contribution in [2.45, 2.75) is 37.4 Å². The molecule has 1 saturated carbocycles. The molecule has 1 N–H and O–H groups in total. The SMILES string of the molecule is Cc1cc(C(=O)NCC2CCCC(Br)C2)ccc1Cl. The topological polar surface area (TPSA) is 29.1 Å². The van der Waals surface area contributed by atoms with E-state index in [4.69, 9.17) is 11.6 Å². The highest BCUT2D eigenvalue weighted by Gasteiger charge is 2.20. The van der Waals surface area contributed by atoms with E-state index in [1.54, 1.807) is 12.1 Å². The number of amides is 1. The first-order chi connectivity index (χ1) is 9.06. The van der Waals surface area contributed by atoms with Gasteiger partial charge in [0.1, 0.15) is 0 Å². The van der Waals surface area contributed by atoms with Crippen molar-refractivity contribution in [3.8, 4) is 0 Å². The molecule has 1 aromatic carbocycles. The van der Waals surface area contributed by atoms with Gasteiger partial charge in [-0.25, -0.2) is 0 Å². The van der Waals surface area contributed by atoms with Crippen molar-refractivity contribution in [3.63, 3.8) is 0 Å². The molecule has 0 radical (unpaired) electrons. The molecular formula is C15H19BrClNO. The summed E-state index contributed by atoms with van der Waals surface area (Å²) < 4.78 is 0. The van der Waals surface area contributed by atoms with E-state index in [1.807, 2.05) is 13.0 Å². The zero-order valence-electron chi connectivity index (χ0n) is 11.1. The molecule has 1 aliphatic rings. The van der Waals surface area contributed by atoms with Crippen molar-refractivity contribution < 1.29 is 4.79 Å². The fraction of sp³-hybridized carbons (Fsp3) is 0.533. The summed E-state index contributed by atoms with van der Waals surface area (Å²) in [6.07, 6.45) is 4.86. The van der Waals surface area contributed by atoms with Gasteiger partial charge >= 0.3 is 0 Å². The van der Waals surface area contributed by atoms with Crippen LogP contribution in [-0.4, -0.2) is 17.3 Å². The van der Waals surface area contributed by atoms with Gasteiger partial charge in [-0.2, -0.15) is 0 Å². The first kappa shape index (κ1) is 14.9. The molecule has 0 spiro atoms. The number of rotatable bonds is 3. The number of carbonyl (C=O) groups excluding carboxylic acids is 1. The molecule has 2 unspecified atom stereocenters. The fourth-order valence-electron chi connectivity index (χ4n) is 2.54. The number of hydrogen-bond donors (Lipinski definition) is 1. The van der Waals surface area contributed by atoms with Gasteiger partial charge in [0, 0.05) is 22.0 Å². The van der Waals surface area contributed by atoms with E-state index in [1.165, 1.54) is 19.3 Å². The molecule has 2 nitrogen and oxygen atoms in total. The zero-order valence-corrected chi connectivity index (χ0v) is 13.4. The van der Waals surface area contributed by atoms with E-state index in [9.17, 15) is 4.79 Å². The van der Waals surface area contributed by atoms with Gasteiger partial charge in [-0.3, -0.25) is 4.79 Å². The van der Waals surface area contributed by atoms with E-state index in [-0.39, 0.29) is 5.91 Å². The fourth-order valence-corrected chi connectivity index (χ4v) is 3.51. The van der Waals surface area contributed by atoms with Crippen LogP contribution in [0.2, 0.25) is 5.02 Å². The second kappa shape index (κ2) is 6.76. The van der Waals surface area contributed by atoms with Gasteiger partial charge in [0.15, 0.2) is 0 Å². The number of alkyl halides is 1. The lowest BCUT2D eigenvalue weighted by molar-refractivity contribution is 0.0944. The molecule has 4 heteroatoms. The maximum atomic E-state index is 12.1. The van der Waals surface area contributed by atoms with Crippen molar-refractivity contribution in [3.05, 3.63) is 34.3 Å². The monoisotopic (exact) mass is 343 g/mol. The Morgan fingerprint density at radius 2 is 2.26 bits per heavy atom. The third-order valence-corrected chi connectivity index (χ3v) is 4.95. The van der Waals surface area contributed by atoms with Crippen LogP contribution in [0.25, 0.3) is 0 Å². The summed E-state index contributed by atoms with van der Waals surface area (Å²) in [5.74, 6) is 0.590. The van der Waals surface area contributed by atoms with Gasteiger partial charge in [0.2, 0.25) is 0 Å². The van der Waals surface area contributed by atoms with Crippen LogP contribution in [0.5, 0.6) is 0 Å². The maximum absolute atomic E-state index is 12.1. The van der Waals surface area contributed by atoms with E-state index in [0.29, 0.717) is 21.3 Å². The van der Waals surface area contributed by atoms with Gasteiger partial charge in [0.05, 0.1) is 0 Å². The number of carbonyl (C=O) groups is 1. The third kappa shape index (κ3) is 4.22. The highest BCUT2D eigenvalue weighted by molar-refractivity contribution is 9.09. The third-order valence-electron chi connectivity index (χ3n) is 3.69. The van der Waals surface area contributed by atoms with Crippen LogP contribution in [-0.2, 0) is 0 Å². The Morgan fingerprint density at radius 3 is 2.95 bits per heavy atom. The maximum Gasteiger partial charge on any atom is 0.251 e. The summed E-state index contributed by atoms with van der Waals surface area (Å²) >= 11 is 9.63. The van der Waals surface area contributed by atoms with Crippen LogP contribution in [0.1, 0.15) is 41.6 Å². The van der Waals surface area contributed by atoms with Gasteiger partial charge in [-0.15, -0.1) is 0 Å². The number of aryl methyl sites for hydroxylation is 1. The van der Waals surface area contributed by atoms with Gasteiger partial charge in [0.25, 0.3) is 5.91 Å². The molecule has 2 atom stereocenters. The number of benzene rings is 1. The lowest BCUT2D eigenvalue weighted by Gasteiger charge is -2.25. The normalized spacial score (nSPS) is 23.1. The second-order valence-electron chi connectivity index (χ2n) is 5.30. The Hall–Kier alpha value is -0.540. The smallest absolute Gasteiger partial charge is 0.251 e. The van der Waals surface area contributed by atoms with Crippen LogP contribution in [0, 0.1) is 12.8 Å². The van der Waals surface area contributed by atoms with E-state index < -0.39 is 0 Å². The molecule has 2 rings (SSSR count). The minimum Gasteiger partial charge on any atom is -0.352 e. The standard InChI is InChI=1S/C15H19BrClNO/c1-10-7-12(5-6-14(10)17)15(19)18-9-11-3-2-4-13(16)8-11/h5-7,11,13H,2-4,8-9H2,1H3,(H,18,19). The van der Waals surface area contributed by atoms with Crippen LogP contribution in [0.3, 0.4) is 0 Å². The van der Waals surface area contributed by atoms with Crippen molar-refractivity contribution in [1.82, 2.24) is 5.32 Å². The summed E-state index contributed by atoms with van der Waals surface area (Å²) in [4.78, 5) is 12.7. The Labute approximate surface area is 128 Å². The second-order valence-corrected chi connectivity index (χ2v) is 7.01. The molecule has 0 aromatic heterocycles. The molecule has 1 fully saturated rings. The molecule has 1 amide bonds. The Balaban J connectivity index is 1.88. The highest BCUT2D eigenvalue weighted by Crippen LogP contribution is 2.28. The van der Waals surface area contributed by atoms with Crippen molar-refractivity contribution in [2.75, 3.05) is 6.54 Å². The predicted octanol–water partition coefficient (Wildman–Crippen LogP) is 4.33. The number of nitrogens with one attached hydrogen (secondary N) is 1. The molecule has 0 heterocycles. The Bertz CT molecular complexity index is 463. The first-order valence-electron chi connectivity index (χ1n) is 6.74. The minimum atomic E-state index is -0.00328. The molecule has 104 valence electrons. The van der Waals surface area contributed by atoms with Crippen molar-refractivity contribution >= 4 is 33.4 Å². The summed E-state index contributed by atoms with van der Waals surface area (Å²) in [5.41, 5.74) is 1.63. The summed E-state index contributed by atoms with van der Waals surface area (Å²) in [7, 11) is 0. The Kier molecular flexibility index (Phi) is 5.28. The van der Waals surface area contributed by atoms with E-state index in [2.05, 4.69) is 21.2 Å². The van der Waals surface area contributed by atoms with Crippen LogP contribution < -0.4 is 5.32 Å². The predicted molar refractivity (Wildman–Crippen MR) is 83.2 cm³/mol. The minimum absolute atomic E-state index is 0.00328. The van der Waals surface area contributed by atoms with Crippen LogP contribution in [0.4, 0.5) is 0 Å². The molecule has 0 saturated heterocycles. The summed E-state index contributed by atoms with van der Waals surface area (Å²) in [6, 6.07) is 5.39. The van der Waals surface area contributed by atoms with Crippen molar-refractivity contribution in [1.29, 1.82) is 0 Å². The zero-order chi connectivity index (χ0) is 13.8. The molecule has 19 heavy (non-hydrogen) atoms. The largest absolute Gasteiger partial charge is 0.352 e. The van der Waals surface area contributed by atoms with E-state index >= 15 is 0 Å². The van der Waals surface area contributed by atoms with Gasteiger partial charge < -0.3 is 5.32 Å². The summed E-state index contributed by atoms with van der Waals surface area (Å²) in [6.45, 7) is 2.68. The number of halogens is 2. The Morgan fingerprint density at radius 1 is 1.47 bits per heavy atom. The van der Waals surface area contributed by atoms with Crippen LogP contribution in [0.15, 0.2) is 18.2 Å². The van der Waals surface area contributed by atoms with Crippen molar-refractivity contribution in [2.24, 2.45) is 5.92 Å². The summed E-state index contributed by atoms with van der Waals surface area (Å²) in [5, 5.41) is 3.73. The average molecular weight is 345 g/mol. The molecule has 0 bridgehead atoms. The molecule has 0 aliphatic heterocycles. The first-order valence-corrected chi connectivity index (χ1v) is 8.04. The van der Waals surface area contributed by atoms with Crippen LogP contribution >= 0.6 is 27.5 Å².